The molecule has 0 unspecified atom stereocenters. The number of carbonyl (C=O) groups is 2. The van der Waals surface area contributed by atoms with Gasteiger partial charge < -0.3 is 19.5 Å². The average Bonchev–Trinajstić information content (AvgIpc) is 2.78. The van der Waals surface area contributed by atoms with Crippen molar-refractivity contribution in [2.45, 2.75) is 13.5 Å². The molecule has 3 aromatic carbocycles. The van der Waals surface area contributed by atoms with E-state index >= 15 is 0 Å². The summed E-state index contributed by atoms with van der Waals surface area (Å²) in [5.41, 5.74) is 1.64. The van der Waals surface area contributed by atoms with Crippen molar-refractivity contribution in [3.63, 3.8) is 0 Å². The molecule has 6 nitrogen and oxygen atoms in total. The van der Waals surface area contributed by atoms with E-state index in [0.717, 1.165) is 5.75 Å². The SMILES string of the molecule is CCOc1ccc(NC(=O)COC(=O)c2ccccc2COc2ccccc2)cc1. The summed E-state index contributed by atoms with van der Waals surface area (Å²) in [5.74, 6) is 0.418. The summed E-state index contributed by atoms with van der Waals surface area (Å²) in [5, 5.41) is 2.68. The zero-order valence-electron chi connectivity index (χ0n) is 16.7. The van der Waals surface area contributed by atoms with Crippen LogP contribution in [-0.2, 0) is 16.1 Å². The second kappa shape index (κ2) is 10.7. The van der Waals surface area contributed by atoms with E-state index in [1.165, 1.54) is 0 Å². The Balaban J connectivity index is 1.53. The molecule has 3 rings (SSSR count). The minimum absolute atomic E-state index is 0.216. The van der Waals surface area contributed by atoms with Crippen LogP contribution in [0.15, 0.2) is 78.9 Å². The first kappa shape index (κ1) is 20.9. The molecule has 0 fully saturated rings. The lowest BCUT2D eigenvalue weighted by Gasteiger charge is -2.11. The number of para-hydroxylation sites is 1. The Morgan fingerprint density at radius 3 is 2.20 bits per heavy atom. The summed E-state index contributed by atoms with van der Waals surface area (Å²) in [6, 6.07) is 23.3. The van der Waals surface area contributed by atoms with Gasteiger partial charge in [-0.2, -0.15) is 0 Å². The molecule has 0 spiro atoms. The molecule has 0 aliphatic heterocycles. The molecule has 1 N–H and O–H groups in total. The molecule has 30 heavy (non-hydrogen) atoms. The second-order valence-corrected chi connectivity index (χ2v) is 6.34. The Morgan fingerprint density at radius 1 is 0.800 bits per heavy atom. The lowest BCUT2D eigenvalue weighted by atomic mass is 10.1. The van der Waals surface area contributed by atoms with E-state index in [-0.39, 0.29) is 13.2 Å². The number of hydrogen-bond donors (Lipinski definition) is 1. The minimum Gasteiger partial charge on any atom is -0.494 e. The van der Waals surface area contributed by atoms with Crippen molar-refractivity contribution in [3.8, 4) is 11.5 Å². The van der Waals surface area contributed by atoms with Gasteiger partial charge in [0.25, 0.3) is 5.91 Å². The Kier molecular flexibility index (Phi) is 7.44. The van der Waals surface area contributed by atoms with Crippen molar-refractivity contribution in [2.24, 2.45) is 0 Å². The molecule has 0 radical (unpaired) electrons. The zero-order chi connectivity index (χ0) is 21.2. The summed E-state index contributed by atoms with van der Waals surface area (Å²) < 4.78 is 16.3. The summed E-state index contributed by atoms with van der Waals surface area (Å²) in [6.07, 6.45) is 0. The number of anilines is 1. The highest BCUT2D eigenvalue weighted by atomic mass is 16.5. The third kappa shape index (κ3) is 6.10. The molecule has 3 aromatic rings. The van der Waals surface area contributed by atoms with Crippen LogP contribution in [0.3, 0.4) is 0 Å². The van der Waals surface area contributed by atoms with Gasteiger partial charge in [0.15, 0.2) is 6.61 Å². The third-order valence-electron chi connectivity index (χ3n) is 4.16. The first-order chi connectivity index (χ1) is 14.7. The fourth-order valence-electron chi connectivity index (χ4n) is 2.73. The lowest BCUT2D eigenvalue weighted by molar-refractivity contribution is -0.119. The number of benzene rings is 3. The molecular weight excluding hydrogens is 382 g/mol. The fourth-order valence-corrected chi connectivity index (χ4v) is 2.73. The third-order valence-corrected chi connectivity index (χ3v) is 4.16. The van der Waals surface area contributed by atoms with E-state index in [2.05, 4.69) is 5.32 Å². The highest BCUT2D eigenvalue weighted by Gasteiger charge is 2.15. The predicted molar refractivity (Wildman–Crippen MR) is 114 cm³/mol. The highest BCUT2D eigenvalue weighted by molar-refractivity contribution is 5.96. The van der Waals surface area contributed by atoms with Gasteiger partial charge in [-0.15, -0.1) is 0 Å². The molecule has 0 aliphatic rings. The van der Waals surface area contributed by atoms with Crippen molar-refractivity contribution in [2.75, 3.05) is 18.5 Å². The molecule has 0 aromatic heterocycles. The van der Waals surface area contributed by atoms with Crippen molar-refractivity contribution in [1.29, 1.82) is 0 Å². The van der Waals surface area contributed by atoms with Crippen LogP contribution >= 0.6 is 0 Å². The van der Waals surface area contributed by atoms with Gasteiger partial charge in [-0.05, 0) is 49.4 Å². The fraction of sp³-hybridized carbons (Fsp3) is 0.167. The van der Waals surface area contributed by atoms with Crippen LogP contribution in [0.1, 0.15) is 22.8 Å². The highest BCUT2D eigenvalue weighted by Crippen LogP contribution is 2.17. The topological polar surface area (TPSA) is 73.9 Å². The van der Waals surface area contributed by atoms with Crippen molar-refractivity contribution in [3.05, 3.63) is 90.0 Å². The van der Waals surface area contributed by atoms with Gasteiger partial charge in [0.1, 0.15) is 18.1 Å². The normalized spacial score (nSPS) is 10.2. The van der Waals surface area contributed by atoms with Crippen LogP contribution in [0.4, 0.5) is 5.69 Å². The second-order valence-electron chi connectivity index (χ2n) is 6.34. The summed E-state index contributed by atoms with van der Waals surface area (Å²) in [4.78, 5) is 24.6. The monoisotopic (exact) mass is 405 g/mol. The number of hydrogen-bond acceptors (Lipinski definition) is 5. The molecular formula is C24H23NO5. The minimum atomic E-state index is -0.580. The molecule has 0 heterocycles. The quantitative estimate of drug-likeness (QED) is 0.532. The largest absolute Gasteiger partial charge is 0.494 e. The number of carbonyl (C=O) groups excluding carboxylic acids is 2. The van der Waals surface area contributed by atoms with E-state index in [9.17, 15) is 9.59 Å². The van der Waals surface area contributed by atoms with E-state index in [1.807, 2.05) is 43.3 Å². The maximum absolute atomic E-state index is 12.5. The number of ether oxygens (including phenoxy) is 3. The van der Waals surface area contributed by atoms with Crippen molar-refractivity contribution >= 4 is 17.6 Å². The maximum Gasteiger partial charge on any atom is 0.339 e. The molecule has 0 atom stereocenters. The lowest BCUT2D eigenvalue weighted by Crippen LogP contribution is -2.21. The molecule has 6 heteroatoms. The van der Waals surface area contributed by atoms with Gasteiger partial charge in [0.05, 0.1) is 12.2 Å². The van der Waals surface area contributed by atoms with Gasteiger partial charge >= 0.3 is 5.97 Å². The van der Waals surface area contributed by atoms with E-state index < -0.39 is 11.9 Å². The number of esters is 1. The number of amides is 1. The molecule has 1 amide bonds. The van der Waals surface area contributed by atoms with E-state index in [4.69, 9.17) is 14.2 Å². The first-order valence-corrected chi connectivity index (χ1v) is 9.61. The Labute approximate surface area is 175 Å². The average molecular weight is 405 g/mol. The van der Waals surface area contributed by atoms with E-state index in [1.54, 1.807) is 42.5 Å². The van der Waals surface area contributed by atoms with Crippen LogP contribution in [0.25, 0.3) is 0 Å². The summed E-state index contributed by atoms with van der Waals surface area (Å²) >= 11 is 0. The summed E-state index contributed by atoms with van der Waals surface area (Å²) in [7, 11) is 0. The van der Waals surface area contributed by atoms with Crippen LogP contribution in [0.5, 0.6) is 11.5 Å². The Hall–Kier alpha value is -3.80. The smallest absolute Gasteiger partial charge is 0.339 e. The molecule has 0 saturated carbocycles. The summed E-state index contributed by atoms with van der Waals surface area (Å²) in [6.45, 7) is 2.29. The van der Waals surface area contributed by atoms with Gasteiger partial charge in [0.2, 0.25) is 0 Å². The zero-order valence-corrected chi connectivity index (χ0v) is 16.7. The van der Waals surface area contributed by atoms with Gasteiger partial charge in [-0.1, -0.05) is 36.4 Å². The standard InChI is InChI=1S/C24H23NO5/c1-2-28-21-14-12-19(13-15-21)25-23(26)17-30-24(27)22-11-7-6-8-18(22)16-29-20-9-4-3-5-10-20/h3-15H,2,16-17H2,1H3,(H,25,26). The van der Waals surface area contributed by atoms with Gasteiger partial charge in [-0.25, -0.2) is 4.79 Å². The number of rotatable bonds is 9. The van der Waals surface area contributed by atoms with E-state index in [0.29, 0.717) is 29.2 Å². The predicted octanol–water partition coefficient (Wildman–Crippen LogP) is 4.46. The van der Waals surface area contributed by atoms with Crippen LogP contribution in [0, 0.1) is 0 Å². The molecule has 0 saturated heterocycles. The van der Waals surface area contributed by atoms with Gasteiger partial charge in [0, 0.05) is 11.3 Å². The molecule has 0 bridgehead atoms. The van der Waals surface area contributed by atoms with Crippen LogP contribution in [0.2, 0.25) is 0 Å². The van der Waals surface area contributed by atoms with Gasteiger partial charge in [-0.3, -0.25) is 4.79 Å². The maximum atomic E-state index is 12.5. The Morgan fingerprint density at radius 2 is 1.47 bits per heavy atom. The first-order valence-electron chi connectivity index (χ1n) is 9.61. The van der Waals surface area contributed by atoms with Crippen molar-refractivity contribution < 1.29 is 23.8 Å². The molecule has 0 aliphatic carbocycles. The van der Waals surface area contributed by atoms with Crippen molar-refractivity contribution in [1.82, 2.24) is 0 Å². The molecule has 154 valence electrons. The van der Waals surface area contributed by atoms with Crippen LogP contribution in [-0.4, -0.2) is 25.1 Å². The number of nitrogens with one attached hydrogen (secondary N) is 1. The Bertz CT molecular complexity index is 970. The van der Waals surface area contributed by atoms with Crippen LogP contribution < -0.4 is 14.8 Å².